The van der Waals surface area contributed by atoms with Crippen molar-refractivity contribution in [1.29, 1.82) is 0 Å². The summed E-state index contributed by atoms with van der Waals surface area (Å²) >= 11 is 0. The van der Waals surface area contributed by atoms with Crippen molar-refractivity contribution < 1.29 is 15.0 Å². The molecule has 0 saturated carbocycles. The van der Waals surface area contributed by atoms with Crippen molar-refractivity contribution in [3.8, 4) is 5.75 Å². The Kier molecular flexibility index (Phi) is 2.31. The van der Waals surface area contributed by atoms with Gasteiger partial charge in [0.2, 0.25) is 0 Å². The lowest BCUT2D eigenvalue weighted by atomic mass is 9.94. The van der Waals surface area contributed by atoms with Gasteiger partial charge in [-0.05, 0) is 30.7 Å². The number of rotatable bonds is 1. The maximum atomic E-state index is 11.1. The molecule has 3 rings (SSSR count). The van der Waals surface area contributed by atoms with Crippen LogP contribution in [0.4, 0.5) is 0 Å². The fourth-order valence-electron chi connectivity index (χ4n) is 2.65. The number of carbonyl (C=O) groups is 1. The zero-order valence-electron chi connectivity index (χ0n) is 9.90. The Balaban J connectivity index is 2.18. The van der Waals surface area contributed by atoms with Crippen LogP contribution >= 0.6 is 0 Å². The number of carboxylic acid groups (broad SMARTS) is 1. The molecular weight excluding hydrogens is 232 g/mol. The van der Waals surface area contributed by atoms with E-state index in [1.54, 1.807) is 12.1 Å². The zero-order valence-corrected chi connectivity index (χ0v) is 9.90. The van der Waals surface area contributed by atoms with Gasteiger partial charge in [0, 0.05) is 29.1 Å². The highest BCUT2D eigenvalue weighted by Crippen LogP contribution is 2.33. The Morgan fingerprint density at radius 2 is 2.22 bits per heavy atom. The third-order valence-electron chi connectivity index (χ3n) is 3.51. The number of aliphatic carboxylic acids is 1. The topological polar surface area (TPSA) is 85.4 Å². The molecule has 0 bridgehead atoms. The molecule has 1 aliphatic heterocycles. The van der Waals surface area contributed by atoms with E-state index in [1.807, 2.05) is 13.0 Å². The number of aromatic amines is 1. The summed E-state index contributed by atoms with van der Waals surface area (Å²) < 4.78 is 0. The largest absolute Gasteiger partial charge is 0.508 e. The highest BCUT2D eigenvalue weighted by Gasteiger charge is 2.30. The van der Waals surface area contributed by atoms with Gasteiger partial charge in [-0.2, -0.15) is 0 Å². The van der Waals surface area contributed by atoms with E-state index in [0.717, 1.165) is 22.2 Å². The average Bonchev–Trinajstić information content (AvgIpc) is 2.68. The van der Waals surface area contributed by atoms with E-state index < -0.39 is 12.0 Å². The first-order valence-electron chi connectivity index (χ1n) is 5.88. The third kappa shape index (κ3) is 1.55. The van der Waals surface area contributed by atoms with Crippen molar-refractivity contribution >= 4 is 16.9 Å². The van der Waals surface area contributed by atoms with Crippen LogP contribution in [-0.2, 0) is 11.2 Å². The van der Waals surface area contributed by atoms with Crippen LogP contribution in [-0.4, -0.2) is 27.2 Å². The summed E-state index contributed by atoms with van der Waals surface area (Å²) in [7, 11) is 0. The fourth-order valence-corrected chi connectivity index (χ4v) is 2.65. The number of carboxylic acids is 1. The van der Waals surface area contributed by atoms with E-state index in [4.69, 9.17) is 5.11 Å². The predicted molar refractivity (Wildman–Crippen MR) is 66.6 cm³/mol. The first kappa shape index (κ1) is 11.1. The molecule has 2 atom stereocenters. The Morgan fingerprint density at radius 1 is 1.44 bits per heavy atom. The van der Waals surface area contributed by atoms with Crippen LogP contribution in [0, 0.1) is 0 Å². The molecule has 5 heteroatoms. The van der Waals surface area contributed by atoms with Crippen molar-refractivity contribution in [2.24, 2.45) is 0 Å². The van der Waals surface area contributed by atoms with Gasteiger partial charge in [-0.25, -0.2) is 0 Å². The monoisotopic (exact) mass is 246 g/mol. The molecule has 1 aromatic carbocycles. The van der Waals surface area contributed by atoms with Gasteiger partial charge in [-0.1, -0.05) is 0 Å². The van der Waals surface area contributed by atoms with Crippen molar-refractivity contribution in [3.63, 3.8) is 0 Å². The zero-order chi connectivity index (χ0) is 12.9. The average molecular weight is 246 g/mol. The molecule has 18 heavy (non-hydrogen) atoms. The predicted octanol–water partition coefficient (Wildman–Crippen LogP) is 1.53. The second-order valence-electron chi connectivity index (χ2n) is 4.73. The van der Waals surface area contributed by atoms with Crippen molar-refractivity contribution in [3.05, 3.63) is 29.5 Å². The second-order valence-corrected chi connectivity index (χ2v) is 4.73. The molecule has 0 radical (unpaired) electrons. The van der Waals surface area contributed by atoms with Crippen LogP contribution in [0.25, 0.3) is 10.9 Å². The van der Waals surface area contributed by atoms with E-state index in [-0.39, 0.29) is 11.8 Å². The van der Waals surface area contributed by atoms with Gasteiger partial charge in [0.25, 0.3) is 0 Å². The first-order chi connectivity index (χ1) is 8.56. The number of hydrogen-bond acceptors (Lipinski definition) is 3. The fraction of sp³-hybridized carbons (Fsp3) is 0.308. The van der Waals surface area contributed by atoms with Crippen molar-refractivity contribution in [1.82, 2.24) is 10.3 Å². The number of nitrogens with one attached hydrogen (secondary N) is 2. The van der Waals surface area contributed by atoms with Gasteiger partial charge in [0.1, 0.15) is 11.8 Å². The minimum Gasteiger partial charge on any atom is -0.508 e. The molecule has 1 aliphatic rings. The molecule has 0 amide bonds. The summed E-state index contributed by atoms with van der Waals surface area (Å²) in [6.45, 7) is 1.93. The van der Waals surface area contributed by atoms with Crippen LogP contribution in [0.1, 0.15) is 24.2 Å². The smallest absolute Gasteiger partial charge is 0.321 e. The highest BCUT2D eigenvalue weighted by atomic mass is 16.4. The summed E-state index contributed by atoms with van der Waals surface area (Å²) in [4.78, 5) is 14.4. The third-order valence-corrected chi connectivity index (χ3v) is 3.51. The minimum atomic E-state index is -0.845. The van der Waals surface area contributed by atoms with Crippen LogP contribution in [0.3, 0.4) is 0 Å². The van der Waals surface area contributed by atoms with Crippen molar-refractivity contribution in [2.45, 2.75) is 25.4 Å². The lowest BCUT2D eigenvalue weighted by Crippen LogP contribution is -2.43. The standard InChI is InChI=1S/C13H14N2O3/c1-6-12-9(5-11(14-6)13(17)18)8-4-7(16)2-3-10(8)15-12/h2-4,6,11,14-16H,5H2,1H3,(H,17,18)/t6-,11-/m0/s1. The maximum absolute atomic E-state index is 11.1. The molecule has 2 aromatic rings. The molecule has 5 nitrogen and oxygen atoms in total. The number of phenolic OH excluding ortho intramolecular Hbond substituents is 1. The van der Waals surface area contributed by atoms with Crippen LogP contribution in [0.15, 0.2) is 18.2 Å². The molecule has 0 saturated heterocycles. The maximum Gasteiger partial charge on any atom is 0.321 e. The lowest BCUT2D eigenvalue weighted by molar-refractivity contribution is -0.139. The van der Waals surface area contributed by atoms with Gasteiger partial charge in [-0.3, -0.25) is 10.1 Å². The molecule has 4 N–H and O–H groups in total. The Labute approximate surface area is 103 Å². The number of hydrogen-bond donors (Lipinski definition) is 4. The highest BCUT2D eigenvalue weighted by molar-refractivity contribution is 5.87. The van der Waals surface area contributed by atoms with E-state index in [9.17, 15) is 9.90 Å². The quantitative estimate of drug-likeness (QED) is 0.614. The Bertz CT molecular complexity index is 632. The molecule has 1 aromatic heterocycles. The summed E-state index contributed by atoms with van der Waals surface area (Å²) in [5.74, 6) is -0.649. The van der Waals surface area contributed by atoms with Gasteiger partial charge < -0.3 is 15.2 Å². The lowest BCUT2D eigenvalue weighted by Gasteiger charge is -2.26. The summed E-state index contributed by atoms with van der Waals surface area (Å²) in [5, 5.41) is 22.6. The van der Waals surface area contributed by atoms with Gasteiger partial charge >= 0.3 is 5.97 Å². The number of fused-ring (bicyclic) bond motifs is 3. The minimum absolute atomic E-state index is 0.0376. The number of aromatic hydroxyl groups is 1. The van der Waals surface area contributed by atoms with E-state index in [2.05, 4.69) is 10.3 Å². The van der Waals surface area contributed by atoms with Crippen LogP contribution in [0.2, 0.25) is 0 Å². The number of phenols is 1. The van der Waals surface area contributed by atoms with E-state index in [0.29, 0.717) is 6.42 Å². The summed E-state index contributed by atoms with van der Waals surface area (Å²) in [5.41, 5.74) is 2.92. The Hall–Kier alpha value is -2.01. The molecule has 0 aliphatic carbocycles. The summed E-state index contributed by atoms with van der Waals surface area (Å²) in [6, 6.07) is 4.50. The molecule has 94 valence electrons. The molecule has 0 fully saturated rings. The van der Waals surface area contributed by atoms with Gasteiger partial charge in [0.05, 0.1) is 0 Å². The number of H-pyrrole nitrogens is 1. The molecular formula is C13H14N2O3. The van der Waals surface area contributed by atoms with Crippen LogP contribution in [0.5, 0.6) is 5.75 Å². The SMILES string of the molecule is C[C@@H]1N[C@H](C(=O)O)Cc2c1[nH]c1ccc(O)cc21. The van der Waals surface area contributed by atoms with Crippen LogP contribution < -0.4 is 5.32 Å². The molecule has 2 heterocycles. The second kappa shape index (κ2) is 3.74. The van der Waals surface area contributed by atoms with Gasteiger partial charge in [0.15, 0.2) is 0 Å². The van der Waals surface area contributed by atoms with Gasteiger partial charge in [-0.15, -0.1) is 0 Å². The normalized spacial score (nSPS) is 22.9. The molecule has 0 unspecified atom stereocenters. The van der Waals surface area contributed by atoms with Crippen molar-refractivity contribution in [2.75, 3.05) is 0 Å². The summed E-state index contributed by atoms with van der Waals surface area (Å²) in [6.07, 6.45) is 0.429. The Morgan fingerprint density at radius 3 is 2.94 bits per heavy atom. The van der Waals surface area contributed by atoms with E-state index in [1.165, 1.54) is 0 Å². The number of aromatic nitrogens is 1. The van der Waals surface area contributed by atoms with E-state index >= 15 is 0 Å². The first-order valence-corrected chi connectivity index (χ1v) is 5.88. The number of benzene rings is 1. The molecule has 0 spiro atoms.